The molecule has 0 aromatic heterocycles. The fourth-order valence-electron chi connectivity index (χ4n) is 1.31. The molecule has 0 saturated carbocycles. The van der Waals surface area contributed by atoms with Gasteiger partial charge in [-0.15, -0.1) is 0 Å². The van der Waals surface area contributed by atoms with Gasteiger partial charge >= 0.3 is 47.5 Å². The van der Waals surface area contributed by atoms with Crippen molar-refractivity contribution in [2.75, 3.05) is 19.8 Å². The van der Waals surface area contributed by atoms with E-state index in [1.165, 1.54) is 20.8 Å². The van der Waals surface area contributed by atoms with Gasteiger partial charge < -0.3 is 14.2 Å². The van der Waals surface area contributed by atoms with Crippen molar-refractivity contribution in [1.82, 2.24) is 0 Å². The van der Waals surface area contributed by atoms with Crippen LogP contribution in [0, 0.1) is 5.41 Å². The van der Waals surface area contributed by atoms with Gasteiger partial charge in [0.1, 0.15) is 30.5 Å². The number of rotatable bonds is 10. The zero-order chi connectivity index (χ0) is 20.7. The molecule has 0 saturated heterocycles. The quantitative estimate of drug-likeness (QED) is 0.177. The van der Waals surface area contributed by atoms with Crippen LogP contribution < -0.4 is 0 Å². The Balaban J connectivity index is 0. The SMILES string of the molecule is C=C(C)C(=O)OCC(C)(COC(=O)C(=C)C)C(=O)OCC(C)S(=O)(=O)O.[NaH]. The van der Waals surface area contributed by atoms with Crippen molar-refractivity contribution in [3.05, 3.63) is 24.3 Å². The van der Waals surface area contributed by atoms with Crippen molar-refractivity contribution in [3.8, 4) is 0 Å². The maximum atomic E-state index is 12.3. The van der Waals surface area contributed by atoms with Crippen molar-refractivity contribution in [1.29, 1.82) is 0 Å². The number of carbonyl (C=O) groups is 3. The van der Waals surface area contributed by atoms with Gasteiger partial charge in [-0.1, -0.05) is 13.2 Å². The number of ether oxygens (including phenoxy) is 3. The van der Waals surface area contributed by atoms with E-state index >= 15 is 0 Å². The van der Waals surface area contributed by atoms with Crippen LogP contribution in [0.15, 0.2) is 24.3 Å². The molecule has 150 valence electrons. The summed E-state index contributed by atoms with van der Waals surface area (Å²) >= 11 is 0. The van der Waals surface area contributed by atoms with Crippen molar-refractivity contribution in [2.45, 2.75) is 32.9 Å². The number of carbonyl (C=O) groups excluding carboxylic acids is 3. The van der Waals surface area contributed by atoms with E-state index in [0.717, 1.165) is 6.92 Å². The second-order valence-corrected chi connectivity index (χ2v) is 8.03. The molecule has 0 spiro atoms. The minimum absolute atomic E-state index is 0. The average Bonchev–Trinajstić information content (AvgIpc) is 2.53. The Morgan fingerprint density at radius 1 is 1.00 bits per heavy atom. The predicted octanol–water partition coefficient (Wildman–Crippen LogP) is 0.402. The first-order chi connectivity index (χ1) is 11.7. The molecule has 0 aromatic carbocycles. The minimum atomic E-state index is -4.39. The van der Waals surface area contributed by atoms with Gasteiger partial charge in [-0.3, -0.25) is 9.35 Å². The molecule has 0 heterocycles. The van der Waals surface area contributed by atoms with Gasteiger partial charge in [0.05, 0.1) is 0 Å². The van der Waals surface area contributed by atoms with Gasteiger partial charge in [-0.05, 0) is 27.7 Å². The van der Waals surface area contributed by atoms with Crippen LogP contribution >= 0.6 is 0 Å². The fourth-order valence-corrected chi connectivity index (χ4v) is 1.55. The van der Waals surface area contributed by atoms with E-state index in [1.54, 1.807) is 0 Å². The van der Waals surface area contributed by atoms with Crippen molar-refractivity contribution in [3.63, 3.8) is 0 Å². The summed E-state index contributed by atoms with van der Waals surface area (Å²) in [7, 11) is -4.39. The molecule has 27 heavy (non-hydrogen) atoms. The summed E-state index contributed by atoms with van der Waals surface area (Å²) in [6, 6.07) is 0. The van der Waals surface area contributed by atoms with E-state index in [2.05, 4.69) is 13.2 Å². The summed E-state index contributed by atoms with van der Waals surface area (Å²) in [5, 5.41) is -1.35. The fraction of sp³-hybridized carbons (Fsp3) is 0.562. The first-order valence-corrected chi connectivity index (χ1v) is 9.00. The summed E-state index contributed by atoms with van der Waals surface area (Å²) in [5.41, 5.74) is -1.41. The molecule has 0 rings (SSSR count). The molecule has 1 atom stereocenters. The van der Waals surface area contributed by atoms with Crippen LogP contribution in [-0.4, -0.2) is 85.5 Å². The molecule has 0 radical (unpaired) electrons. The number of hydrogen-bond donors (Lipinski definition) is 1. The predicted molar refractivity (Wildman–Crippen MR) is 98.8 cm³/mol. The Bertz CT molecular complexity index is 667. The zero-order valence-electron chi connectivity index (χ0n) is 15.2. The Hall–Kier alpha value is -1.20. The molecule has 0 amide bonds. The van der Waals surface area contributed by atoms with Crippen LogP contribution in [0.1, 0.15) is 27.7 Å². The molecule has 0 fully saturated rings. The number of hydrogen-bond acceptors (Lipinski definition) is 8. The van der Waals surface area contributed by atoms with E-state index in [4.69, 9.17) is 18.8 Å². The van der Waals surface area contributed by atoms with Gasteiger partial charge in [-0.25, -0.2) is 9.59 Å². The second kappa shape index (κ2) is 11.6. The van der Waals surface area contributed by atoms with E-state index < -0.39 is 58.5 Å². The van der Waals surface area contributed by atoms with E-state index in [-0.39, 0.29) is 40.7 Å². The first-order valence-electron chi connectivity index (χ1n) is 7.49. The van der Waals surface area contributed by atoms with E-state index in [9.17, 15) is 22.8 Å². The Labute approximate surface area is 181 Å². The van der Waals surface area contributed by atoms with Crippen molar-refractivity contribution >= 4 is 57.6 Å². The van der Waals surface area contributed by atoms with Gasteiger partial charge in [0.25, 0.3) is 10.1 Å². The van der Waals surface area contributed by atoms with Crippen LogP contribution in [-0.2, 0) is 38.7 Å². The molecule has 9 nitrogen and oxygen atoms in total. The molecular weight excluding hydrogens is 391 g/mol. The van der Waals surface area contributed by atoms with Crippen LogP contribution in [0.25, 0.3) is 0 Å². The molecule has 0 bridgehead atoms. The third kappa shape index (κ3) is 10.1. The second-order valence-electron chi connectivity index (χ2n) is 6.20. The summed E-state index contributed by atoms with van der Waals surface area (Å²) in [5.74, 6) is -2.50. The summed E-state index contributed by atoms with van der Waals surface area (Å²) < 4.78 is 45.6. The Kier molecular flexibility index (Phi) is 12.0. The zero-order valence-corrected chi connectivity index (χ0v) is 16.1. The molecule has 11 heteroatoms. The number of esters is 3. The molecular formula is C16H25NaO9S. The van der Waals surface area contributed by atoms with Gasteiger partial charge in [0, 0.05) is 11.1 Å². The van der Waals surface area contributed by atoms with Gasteiger partial charge in [-0.2, -0.15) is 8.42 Å². The van der Waals surface area contributed by atoms with Crippen LogP contribution in [0.4, 0.5) is 0 Å². The van der Waals surface area contributed by atoms with Crippen LogP contribution in [0.3, 0.4) is 0 Å². The third-order valence-electron chi connectivity index (χ3n) is 3.19. The monoisotopic (exact) mass is 416 g/mol. The molecule has 0 aliphatic carbocycles. The molecule has 0 aliphatic heterocycles. The van der Waals surface area contributed by atoms with Crippen LogP contribution in [0.2, 0.25) is 0 Å². The maximum absolute atomic E-state index is 12.3. The van der Waals surface area contributed by atoms with Crippen molar-refractivity contribution < 1.29 is 41.6 Å². The molecule has 0 aliphatic rings. The topological polar surface area (TPSA) is 133 Å². The Morgan fingerprint density at radius 2 is 1.37 bits per heavy atom. The van der Waals surface area contributed by atoms with Crippen molar-refractivity contribution in [2.24, 2.45) is 5.41 Å². The first kappa shape index (κ1) is 28.0. The molecule has 1 unspecified atom stereocenters. The van der Waals surface area contributed by atoms with E-state index in [1.807, 2.05) is 0 Å². The van der Waals surface area contributed by atoms with Gasteiger partial charge in [0.2, 0.25) is 0 Å². The average molecular weight is 416 g/mol. The Morgan fingerprint density at radius 3 is 1.67 bits per heavy atom. The van der Waals surface area contributed by atoms with Gasteiger partial charge in [0.15, 0.2) is 0 Å². The summed E-state index contributed by atoms with van der Waals surface area (Å²) in [6.45, 7) is 10.4. The summed E-state index contributed by atoms with van der Waals surface area (Å²) in [4.78, 5) is 35.4. The van der Waals surface area contributed by atoms with E-state index in [0.29, 0.717) is 0 Å². The standard InChI is InChI=1S/C16H24O9S.Na.H/c1-10(2)13(17)24-8-16(6,9-25-14(18)11(3)4)15(19)23-7-12(5)26(20,21)22;;/h12H,1,3,7-9H2,2,4-6H3,(H,20,21,22);;. The van der Waals surface area contributed by atoms with Crippen LogP contribution in [0.5, 0.6) is 0 Å². The molecule has 1 N–H and O–H groups in total. The normalized spacial score (nSPS) is 12.2. The third-order valence-corrected chi connectivity index (χ3v) is 4.34. The molecule has 0 aromatic rings. The summed E-state index contributed by atoms with van der Waals surface area (Å²) in [6.07, 6.45) is 0.